The van der Waals surface area contributed by atoms with Gasteiger partial charge in [-0.05, 0) is 47.6 Å². The minimum atomic E-state index is -0.489. The maximum atomic E-state index is 12.2. The molecule has 0 spiro atoms. The minimum Gasteiger partial charge on any atom is -0.388 e. The Hall–Kier alpha value is -2.72. The summed E-state index contributed by atoms with van der Waals surface area (Å²) in [5.41, 5.74) is 5.98. The van der Waals surface area contributed by atoms with Crippen molar-refractivity contribution in [3.05, 3.63) is 70.3 Å². The van der Waals surface area contributed by atoms with Crippen molar-refractivity contribution in [1.82, 2.24) is 0 Å². The molecule has 2 unspecified atom stereocenters. The fraction of sp³-hybridized carbons (Fsp3) is 0.385. The molecule has 30 heavy (non-hydrogen) atoms. The van der Waals surface area contributed by atoms with E-state index in [4.69, 9.17) is 0 Å². The highest BCUT2D eigenvalue weighted by molar-refractivity contribution is 5.98. The van der Waals surface area contributed by atoms with Gasteiger partial charge in [0.25, 0.3) is 0 Å². The third kappa shape index (κ3) is 3.10. The number of anilines is 1. The molecule has 2 aliphatic heterocycles. The second-order valence-corrected chi connectivity index (χ2v) is 8.82. The standard InChI is InChI=1S/C26H27NO3/c28-15-17-12-19-8-4-5-9-21(19)26-25(18-6-2-1-3-7-18)22-11-10-20(24(30)16-29)13-23(22)27(26)14-17/h4-5,8-13,15,18,25-26,29H,1-3,6-7,14,16H2. The Morgan fingerprint density at radius 2 is 1.87 bits per heavy atom. The number of benzene rings is 2. The van der Waals surface area contributed by atoms with Crippen molar-refractivity contribution < 1.29 is 14.7 Å². The van der Waals surface area contributed by atoms with Gasteiger partial charge in [-0.3, -0.25) is 9.59 Å². The van der Waals surface area contributed by atoms with Crippen molar-refractivity contribution in [3.63, 3.8) is 0 Å². The fourth-order valence-corrected chi connectivity index (χ4v) is 5.83. The van der Waals surface area contributed by atoms with E-state index in [0.29, 0.717) is 23.9 Å². The van der Waals surface area contributed by atoms with E-state index in [1.165, 1.54) is 43.2 Å². The summed E-state index contributed by atoms with van der Waals surface area (Å²) in [4.78, 5) is 26.4. The molecule has 4 nitrogen and oxygen atoms in total. The molecule has 154 valence electrons. The molecule has 1 saturated carbocycles. The molecular weight excluding hydrogens is 374 g/mol. The summed E-state index contributed by atoms with van der Waals surface area (Å²) in [7, 11) is 0. The predicted octanol–water partition coefficient (Wildman–Crippen LogP) is 4.68. The maximum Gasteiger partial charge on any atom is 0.188 e. The van der Waals surface area contributed by atoms with E-state index < -0.39 is 6.61 Å². The van der Waals surface area contributed by atoms with E-state index in [-0.39, 0.29) is 11.8 Å². The van der Waals surface area contributed by atoms with Crippen LogP contribution in [0, 0.1) is 5.92 Å². The molecule has 0 radical (unpaired) electrons. The summed E-state index contributed by atoms with van der Waals surface area (Å²) in [6.07, 6.45) is 9.26. The molecule has 0 saturated heterocycles. The average Bonchev–Trinajstić information content (AvgIpc) is 3.01. The smallest absolute Gasteiger partial charge is 0.188 e. The lowest BCUT2D eigenvalue weighted by Gasteiger charge is -2.36. The monoisotopic (exact) mass is 401 g/mol. The van der Waals surface area contributed by atoms with E-state index in [1.807, 2.05) is 24.3 Å². The summed E-state index contributed by atoms with van der Waals surface area (Å²) in [5.74, 6) is 0.675. The molecular formula is C26H27NO3. The number of fused-ring (bicyclic) bond motifs is 5. The first-order valence-electron chi connectivity index (χ1n) is 11.0. The molecule has 2 atom stereocenters. The van der Waals surface area contributed by atoms with Crippen LogP contribution in [-0.2, 0) is 4.79 Å². The van der Waals surface area contributed by atoms with Gasteiger partial charge in [0.15, 0.2) is 5.78 Å². The quantitative estimate of drug-likeness (QED) is 0.597. The lowest BCUT2D eigenvalue weighted by atomic mass is 9.73. The molecule has 0 aromatic heterocycles. The van der Waals surface area contributed by atoms with Crippen LogP contribution in [0.4, 0.5) is 5.69 Å². The Balaban J connectivity index is 1.70. The van der Waals surface area contributed by atoms with Crippen molar-refractivity contribution in [1.29, 1.82) is 0 Å². The normalized spacial score (nSPS) is 23.1. The summed E-state index contributed by atoms with van der Waals surface area (Å²) >= 11 is 0. The fourth-order valence-electron chi connectivity index (χ4n) is 5.83. The predicted molar refractivity (Wildman–Crippen MR) is 118 cm³/mol. The van der Waals surface area contributed by atoms with Crippen molar-refractivity contribution >= 4 is 23.8 Å². The van der Waals surface area contributed by atoms with Crippen LogP contribution in [-0.4, -0.2) is 30.3 Å². The highest BCUT2D eigenvalue weighted by Crippen LogP contribution is 2.56. The second-order valence-electron chi connectivity index (χ2n) is 8.82. The first kappa shape index (κ1) is 19.3. The van der Waals surface area contributed by atoms with Crippen LogP contribution < -0.4 is 4.90 Å². The van der Waals surface area contributed by atoms with Gasteiger partial charge in [-0.1, -0.05) is 55.7 Å². The van der Waals surface area contributed by atoms with Crippen LogP contribution in [0.1, 0.15) is 71.1 Å². The molecule has 0 bridgehead atoms. The Kier molecular flexibility index (Phi) is 5.03. The summed E-state index contributed by atoms with van der Waals surface area (Å²) in [6, 6.07) is 14.5. The van der Waals surface area contributed by atoms with Gasteiger partial charge >= 0.3 is 0 Å². The zero-order valence-corrected chi connectivity index (χ0v) is 17.1. The molecule has 2 aromatic rings. The summed E-state index contributed by atoms with van der Waals surface area (Å²) in [6.45, 7) is 0.0480. The number of carbonyl (C=O) groups excluding carboxylic acids is 2. The molecule has 0 amide bonds. The average molecular weight is 402 g/mol. The van der Waals surface area contributed by atoms with Crippen LogP contribution in [0.3, 0.4) is 0 Å². The van der Waals surface area contributed by atoms with Crippen LogP contribution >= 0.6 is 0 Å². The Morgan fingerprint density at radius 3 is 2.63 bits per heavy atom. The van der Waals surface area contributed by atoms with E-state index >= 15 is 0 Å². The number of Topliss-reactive ketones (excluding diaryl/α,β-unsaturated/α-hetero) is 1. The van der Waals surface area contributed by atoms with Gasteiger partial charge in [0.05, 0.1) is 6.04 Å². The van der Waals surface area contributed by atoms with Gasteiger partial charge in [0.1, 0.15) is 12.9 Å². The van der Waals surface area contributed by atoms with E-state index in [2.05, 4.69) is 29.2 Å². The van der Waals surface area contributed by atoms with Gasteiger partial charge in [-0.2, -0.15) is 0 Å². The zero-order valence-electron chi connectivity index (χ0n) is 17.1. The summed E-state index contributed by atoms with van der Waals surface area (Å²) in [5, 5.41) is 9.36. The minimum absolute atomic E-state index is 0.160. The number of aliphatic hydroxyl groups excluding tert-OH is 1. The molecule has 1 fully saturated rings. The Bertz CT molecular complexity index is 1020. The first-order chi connectivity index (χ1) is 14.7. The number of aliphatic hydroxyl groups is 1. The number of aldehydes is 1. The van der Waals surface area contributed by atoms with Crippen molar-refractivity contribution in [2.24, 2.45) is 5.92 Å². The van der Waals surface area contributed by atoms with E-state index in [0.717, 1.165) is 23.1 Å². The number of rotatable bonds is 4. The number of nitrogens with zero attached hydrogens (tertiary/aromatic N) is 1. The molecule has 4 heteroatoms. The molecule has 5 rings (SSSR count). The lowest BCUT2D eigenvalue weighted by Crippen LogP contribution is -2.31. The number of ketones is 1. The topological polar surface area (TPSA) is 57.6 Å². The first-order valence-corrected chi connectivity index (χ1v) is 11.0. The number of hydrogen-bond acceptors (Lipinski definition) is 4. The highest BCUT2D eigenvalue weighted by atomic mass is 16.3. The van der Waals surface area contributed by atoms with Crippen LogP contribution in [0.25, 0.3) is 6.08 Å². The van der Waals surface area contributed by atoms with Crippen molar-refractivity contribution in [3.8, 4) is 0 Å². The van der Waals surface area contributed by atoms with Gasteiger partial charge in [-0.15, -0.1) is 0 Å². The van der Waals surface area contributed by atoms with Gasteiger partial charge in [-0.25, -0.2) is 0 Å². The molecule has 2 heterocycles. The molecule has 1 aliphatic carbocycles. The van der Waals surface area contributed by atoms with Crippen LogP contribution in [0.15, 0.2) is 48.0 Å². The van der Waals surface area contributed by atoms with Crippen LogP contribution in [0.2, 0.25) is 0 Å². The van der Waals surface area contributed by atoms with Gasteiger partial charge in [0, 0.05) is 29.3 Å². The SMILES string of the molecule is O=CC1=Cc2ccccc2C2C(C3CCCCC3)c3ccc(C(=O)CO)cc3N2C1. The maximum absolute atomic E-state index is 12.2. The van der Waals surface area contributed by atoms with Crippen molar-refractivity contribution in [2.75, 3.05) is 18.1 Å². The zero-order chi connectivity index (χ0) is 20.7. The molecule has 3 aliphatic rings. The Morgan fingerprint density at radius 1 is 1.07 bits per heavy atom. The third-order valence-corrected chi connectivity index (χ3v) is 7.16. The highest BCUT2D eigenvalue weighted by Gasteiger charge is 2.45. The van der Waals surface area contributed by atoms with E-state index in [1.54, 1.807) is 0 Å². The molecule has 2 aromatic carbocycles. The lowest BCUT2D eigenvalue weighted by molar-refractivity contribution is -0.104. The Labute approximate surface area is 177 Å². The van der Waals surface area contributed by atoms with E-state index in [9.17, 15) is 14.7 Å². The van der Waals surface area contributed by atoms with Gasteiger partial charge < -0.3 is 10.0 Å². The summed E-state index contributed by atoms with van der Waals surface area (Å²) < 4.78 is 0. The largest absolute Gasteiger partial charge is 0.388 e. The molecule has 1 N–H and O–H groups in total. The van der Waals surface area contributed by atoms with Crippen LogP contribution in [0.5, 0.6) is 0 Å². The number of carbonyl (C=O) groups is 2. The second kappa shape index (κ2) is 7.84. The number of hydrogen-bond donors (Lipinski definition) is 1. The van der Waals surface area contributed by atoms with Gasteiger partial charge in [0.2, 0.25) is 0 Å². The third-order valence-electron chi connectivity index (χ3n) is 7.16. The van der Waals surface area contributed by atoms with Crippen molar-refractivity contribution in [2.45, 2.75) is 44.1 Å².